The summed E-state index contributed by atoms with van der Waals surface area (Å²) in [6.45, 7) is 1.08. The molecule has 0 aromatic rings. The van der Waals surface area contributed by atoms with E-state index in [1.165, 1.54) is 0 Å². The van der Waals surface area contributed by atoms with Gasteiger partial charge in [0, 0.05) is 6.04 Å². The first-order valence-electron chi connectivity index (χ1n) is 4.35. The second-order valence-corrected chi connectivity index (χ2v) is 3.58. The third-order valence-electron chi connectivity index (χ3n) is 2.52. The molecule has 1 N–H and O–H groups in total. The van der Waals surface area contributed by atoms with Crippen LogP contribution in [0.1, 0.15) is 26.2 Å². The number of piperidine rings is 1. The molecule has 0 spiro atoms. The molecule has 1 saturated heterocycles. The van der Waals surface area contributed by atoms with Crippen LogP contribution in [0.4, 0.5) is 17.6 Å². The van der Waals surface area contributed by atoms with E-state index in [9.17, 15) is 17.6 Å². The van der Waals surface area contributed by atoms with Crippen LogP contribution >= 0.6 is 0 Å². The van der Waals surface area contributed by atoms with Gasteiger partial charge < -0.3 is 5.32 Å². The Hall–Kier alpha value is -0.320. The van der Waals surface area contributed by atoms with Gasteiger partial charge in [0.05, 0.1) is 0 Å². The van der Waals surface area contributed by atoms with Gasteiger partial charge in [0.1, 0.15) is 0 Å². The van der Waals surface area contributed by atoms with Gasteiger partial charge >= 0.3 is 6.18 Å². The fourth-order valence-corrected chi connectivity index (χ4v) is 1.51. The maximum absolute atomic E-state index is 13.3. The maximum Gasteiger partial charge on any atom is 0.423 e. The zero-order valence-electron chi connectivity index (χ0n) is 7.42. The molecule has 1 aliphatic rings. The van der Waals surface area contributed by atoms with E-state index in [0.29, 0.717) is 19.9 Å². The van der Waals surface area contributed by atoms with Crippen molar-refractivity contribution >= 4 is 0 Å². The van der Waals surface area contributed by atoms with Crippen molar-refractivity contribution in [3.8, 4) is 0 Å². The van der Waals surface area contributed by atoms with E-state index >= 15 is 0 Å². The van der Waals surface area contributed by atoms with Crippen molar-refractivity contribution in [2.75, 3.05) is 6.54 Å². The molecule has 0 saturated carbocycles. The standard InChI is InChI=1S/C8H13F4N/c1-7(9,8(10,11)12)6-4-2-3-5-13-6/h6,13H,2-5H2,1H3. The fraction of sp³-hybridized carbons (Fsp3) is 1.00. The summed E-state index contributed by atoms with van der Waals surface area (Å²) in [7, 11) is 0. The summed E-state index contributed by atoms with van der Waals surface area (Å²) in [6.07, 6.45) is -3.04. The van der Waals surface area contributed by atoms with Gasteiger partial charge in [-0.15, -0.1) is 0 Å². The van der Waals surface area contributed by atoms with E-state index in [1.54, 1.807) is 0 Å². The number of hydrogen-bond acceptors (Lipinski definition) is 1. The van der Waals surface area contributed by atoms with E-state index in [0.717, 1.165) is 6.42 Å². The van der Waals surface area contributed by atoms with E-state index in [1.807, 2.05) is 0 Å². The molecule has 1 fully saturated rings. The zero-order chi connectivity index (χ0) is 10.1. The average Bonchev–Trinajstić information content (AvgIpc) is 2.04. The van der Waals surface area contributed by atoms with Crippen LogP contribution in [0.5, 0.6) is 0 Å². The molecule has 1 rings (SSSR count). The summed E-state index contributed by atoms with van der Waals surface area (Å²) in [4.78, 5) is 0. The molecule has 5 heteroatoms. The van der Waals surface area contributed by atoms with Crippen LogP contribution in [0.3, 0.4) is 0 Å². The van der Waals surface area contributed by atoms with Crippen LogP contribution in [-0.4, -0.2) is 24.4 Å². The molecule has 0 bridgehead atoms. The predicted octanol–water partition coefficient (Wildman–Crippen LogP) is 2.42. The molecule has 0 aliphatic carbocycles. The number of nitrogens with one attached hydrogen (secondary N) is 1. The quantitative estimate of drug-likeness (QED) is 0.639. The molecule has 0 aromatic carbocycles. The monoisotopic (exact) mass is 199 g/mol. The Morgan fingerprint density at radius 1 is 1.15 bits per heavy atom. The molecule has 0 radical (unpaired) electrons. The first-order valence-corrected chi connectivity index (χ1v) is 4.35. The third kappa shape index (κ3) is 2.13. The van der Waals surface area contributed by atoms with E-state index < -0.39 is 17.9 Å². The Labute approximate surface area is 74.5 Å². The van der Waals surface area contributed by atoms with Crippen molar-refractivity contribution in [3.05, 3.63) is 0 Å². The van der Waals surface area contributed by atoms with Crippen LogP contribution in [0.2, 0.25) is 0 Å². The summed E-state index contributed by atoms with van der Waals surface area (Å²) in [5.74, 6) is 0. The van der Waals surface area contributed by atoms with Crippen molar-refractivity contribution in [2.45, 2.75) is 44.1 Å². The SMILES string of the molecule is CC(F)(C1CCCCN1)C(F)(F)F. The summed E-state index contributed by atoms with van der Waals surface area (Å²) in [5.41, 5.74) is -3.10. The number of alkyl halides is 4. The first kappa shape index (κ1) is 10.8. The lowest BCUT2D eigenvalue weighted by molar-refractivity contribution is -0.235. The van der Waals surface area contributed by atoms with Crippen molar-refractivity contribution in [1.82, 2.24) is 5.32 Å². The van der Waals surface area contributed by atoms with E-state index in [-0.39, 0.29) is 6.42 Å². The molecular weight excluding hydrogens is 186 g/mol. The number of hydrogen-bond donors (Lipinski definition) is 1. The van der Waals surface area contributed by atoms with Crippen molar-refractivity contribution in [2.24, 2.45) is 0 Å². The molecule has 0 aromatic heterocycles. The first-order chi connectivity index (χ1) is 5.86. The van der Waals surface area contributed by atoms with E-state index in [4.69, 9.17) is 0 Å². The van der Waals surface area contributed by atoms with Gasteiger partial charge in [0.25, 0.3) is 0 Å². The normalized spacial score (nSPS) is 29.8. The van der Waals surface area contributed by atoms with Crippen LogP contribution in [0, 0.1) is 0 Å². The van der Waals surface area contributed by atoms with Crippen LogP contribution in [-0.2, 0) is 0 Å². The third-order valence-corrected chi connectivity index (χ3v) is 2.52. The molecule has 78 valence electrons. The van der Waals surface area contributed by atoms with Crippen molar-refractivity contribution < 1.29 is 17.6 Å². The van der Waals surface area contributed by atoms with E-state index in [2.05, 4.69) is 5.32 Å². The lowest BCUT2D eigenvalue weighted by Crippen LogP contribution is -2.56. The molecule has 0 amide bonds. The van der Waals surface area contributed by atoms with Gasteiger partial charge in [-0.2, -0.15) is 13.2 Å². The Morgan fingerprint density at radius 3 is 2.15 bits per heavy atom. The highest BCUT2D eigenvalue weighted by Gasteiger charge is 2.56. The Morgan fingerprint density at radius 2 is 1.77 bits per heavy atom. The summed E-state index contributed by atoms with van der Waals surface area (Å²) < 4.78 is 49.9. The Balaban J connectivity index is 2.67. The highest BCUT2D eigenvalue weighted by molar-refractivity contribution is 4.95. The van der Waals surface area contributed by atoms with Gasteiger partial charge in [0.2, 0.25) is 5.67 Å². The molecular formula is C8H13F4N. The fourth-order valence-electron chi connectivity index (χ4n) is 1.51. The maximum atomic E-state index is 13.3. The lowest BCUT2D eigenvalue weighted by atomic mass is 9.90. The molecule has 2 atom stereocenters. The number of rotatable bonds is 1. The van der Waals surface area contributed by atoms with Crippen molar-refractivity contribution in [3.63, 3.8) is 0 Å². The van der Waals surface area contributed by atoms with Gasteiger partial charge in [-0.05, 0) is 26.3 Å². The molecule has 2 unspecified atom stereocenters. The van der Waals surface area contributed by atoms with Crippen LogP contribution in [0.25, 0.3) is 0 Å². The highest BCUT2D eigenvalue weighted by atomic mass is 19.4. The van der Waals surface area contributed by atoms with Gasteiger partial charge in [-0.3, -0.25) is 0 Å². The smallest absolute Gasteiger partial charge is 0.311 e. The second kappa shape index (κ2) is 3.44. The van der Waals surface area contributed by atoms with Crippen LogP contribution in [0.15, 0.2) is 0 Å². The predicted molar refractivity (Wildman–Crippen MR) is 41.2 cm³/mol. The lowest BCUT2D eigenvalue weighted by Gasteiger charge is -2.35. The summed E-state index contributed by atoms with van der Waals surface area (Å²) in [6, 6.07) is -1.08. The minimum Gasteiger partial charge on any atom is -0.311 e. The number of halogens is 4. The molecule has 1 aliphatic heterocycles. The summed E-state index contributed by atoms with van der Waals surface area (Å²) in [5, 5.41) is 2.57. The largest absolute Gasteiger partial charge is 0.423 e. The zero-order valence-corrected chi connectivity index (χ0v) is 7.42. The van der Waals surface area contributed by atoms with Gasteiger partial charge in [-0.25, -0.2) is 4.39 Å². The summed E-state index contributed by atoms with van der Waals surface area (Å²) >= 11 is 0. The Bertz CT molecular complexity index is 169. The highest BCUT2D eigenvalue weighted by Crippen LogP contribution is 2.38. The Kier molecular flexibility index (Phi) is 2.85. The topological polar surface area (TPSA) is 12.0 Å². The second-order valence-electron chi connectivity index (χ2n) is 3.58. The van der Waals surface area contributed by atoms with Crippen LogP contribution < -0.4 is 5.32 Å². The minimum atomic E-state index is -4.78. The molecule has 1 nitrogen and oxygen atoms in total. The molecule has 1 heterocycles. The minimum absolute atomic E-state index is 0.256. The molecule has 13 heavy (non-hydrogen) atoms. The van der Waals surface area contributed by atoms with Crippen molar-refractivity contribution in [1.29, 1.82) is 0 Å². The van der Waals surface area contributed by atoms with Gasteiger partial charge in [-0.1, -0.05) is 6.42 Å². The van der Waals surface area contributed by atoms with Gasteiger partial charge in [0.15, 0.2) is 0 Å². The average molecular weight is 199 g/mol.